The van der Waals surface area contributed by atoms with Crippen LogP contribution >= 0.6 is 0 Å². The smallest absolute Gasteiger partial charge is 0.282 e. The summed E-state index contributed by atoms with van der Waals surface area (Å²) in [6.45, 7) is 1.76. The Morgan fingerprint density at radius 1 is 1.25 bits per heavy atom. The van der Waals surface area contributed by atoms with Gasteiger partial charge in [0.05, 0.1) is 0 Å². The van der Waals surface area contributed by atoms with Crippen LogP contribution in [0.15, 0.2) is 23.0 Å². The van der Waals surface area contributed by atoms with Crippen LogP contribution in [0, 0.1) is 0 Å². The number of nitrogens with one attached hydrogen (secondary N) is 2. The first-order valence-electron chi connectivity index (χ1n) is 5.51. The van der Waals surface area contributed by atoms with E-state index in [1.807, 2.05) is 5.01 Å². The maximum Gasteiger partial charge on any atom is 0.282 e. The van der Waals surface area contributed by atoms with Gasteiger partial charge in [0.2, 0.25) is 5.56 Å². The molecule has 1 amide bonds. The summed E-state index contributed by atoms with van der Waals surface area (Å²) in [5, 5.41) is 1.90. The summed E-state index contributed by atoms with van der Waals surface area (Å²) in [5.74, 6) is -0.250. The summed E-state index contributed by atoms with van der Waals surface area (Å²) in [7, 11) is 0. The molecule has 2 rings (SSSR count). The molecule has 5 heteroatoms. The Hall–Kier alpha value is -1.62. The zero-order chi connectivity index (χ0) is 11.4. The fourth-order valence-corrected chi connectivity index (χ4v) is 1.79. The zero-order valence-corrected chi connectivity index (χ0v) is 9.03. The summed E-state index contributed by atoms with van der Waals surface area (Å²) in [6.07, 6.45) is 3.42. The topological polar surface area (TPSA) is 65.2 Å². The molecule has 0 saturated carbocycles. The second-order valence-corrected chi connectivity index (χ2v) is 3.92. The predicted molar refractivity (Wildman–Crippen MR) is 60.0 cm³/mol. The Balaban J connectivity index is 1.99. The van der Waals surface area contributed by atoms with E-state index in [0.717, 1.165) is 25.9 Å². The minimum Gasteiger partial charge on any atom is -0.318 e. The van der Waals surface area contributed by atoms with Crippen LogP contribution in [-0.2, 0) is 0 Å². The van der Waals surface area contributed by atoms with E-state index in [0.29, 0.717) is 5.69 Å². The SMILES string of the molecule is O=C(NN1CCCCC1)c1cccc(=O)[nH]1. The number of pyridine rings is 1. The fourth-order valence-electron chi connectivity index (χ4n) is 1.79. The molecule has 16 heavy (non-hydrogen) atoms. The number of amides is 1. The Kier molecular flexibility index (Phi) is 3.36. The van der Waals surface area contributed by atoms with Crippen molar-refractivity contribution < 1.29 is 4.79 Å². The number of aromatic nitrogens is 1. The van der Waals surface area contributed by atoms with Gasteiger partial charge in [-0.2, -0.15) is 0 Å². The monoisotopic (exact) mass is 221 g/mol. The Morgan fingerprint density at radius 3 is 2.69 bits per heavy atom. The van der Waals surface area contributed by atoms with Crippen molar-refractivity contribution in [3.05, 3.63) is 34.2 Å². The van der Waals surface area contributed by atoms with Crippen LogP contribution in [0.1, 0.15) is 29.8 Å². The Labute approximate surface area is 93.4 Å². The van der Waals surface area contributed by atoms with Gasteiger partial charge in [-0.3, -0.25) is 15.0 Å². The summed E-state index contributed by atoms with van der Waals surface area (Å²) in [4.78, 5) is 25.3. The number of aromatic amines is 1. The van der Waals surface area contributed by atoms with Crippen LogP contribution in [0.2, 0.25) is 0 Å². The number of rotatable bonds is 2. The summed E-state index contributed by atoms with van der Waals surface area (Å²) >= 11 is 0. The van der Waals surface area contributed by atoms with E-state index in [4.69, 9.17) is 0 Å². The van der Waals surface area contributed by atoms with Crippen LogP contribution in [0.4, 0.5) is 0 Å². The van der Waals surface area contributed by atoms with Crippen molar-refractivity contribution in [3.63, 3.8) is 0 Å². The maximum atomic E-state index is 11.7. The van der Waals surface area contributed by atoms with E-state index >= 15 is 0 Å². The van der Waals surface area contributed by atoms with Gasteiger partial charge < -0.3 is 4.98 Å². The molecule has 1 aromatic heterocycles. The van der Waals surface area contributed by atoms with Crippen molar-refractivity contribution in [1.29, 1.82) is 0 Å². The first-order chi connectivity index (χ1) is 7.75. The van der Waals surface area contributed by atoms with Crippen molar-refractivity contribution in [2.45, 2.75) is 19.3 Å². The second kappa shape index (κ2) is 4.94. The van der Waals surface area contributed by atoms with Crippen molar-refractivity contribution >= 4 is 5.91 Å². The van der Waals surface area contributed by atoms with E-state index < -0.39 is 0 Å². The lowest BCUT2D eigenvalue weighted by molar-refractivity contribution is 0.0744. The van der Waals surface area contributed by atoms with E-state index in [-0.39, 0.29) is 11.5 Å². The van der Waals surface area contributed by atoms with Gasteiger partial charge in [-0.15, -0.1) is 0 Å². The normalized spacial score (nSPS) is 17.0. The van der Waals surface area contributed by atoms with Crippen LogP contribution in [0.25, 0.3) is 0 Å². The van der Waals surface area contributed by atoms with Crippen molar-refractivity contribution in [2.24, 2.45) is 0 Å². The third-order valence-electron chi connectivity index (χ3n) is 2.63. The number of H-pyrrole nitrogens is 1. The van der Waals surface area contributed by atoms with Gasteiger partial charge in [0, 0.05) is 19.2 Å². The largest absolute Gasteiger partial charge is 0.318 e. The molecule has 86 valence electrons. The Bertz CT molecular complexity index is 421. The molecule has 1 saturated heterocycles. The number of carbonyl (C=O) groups is 1. The highest BCUT2D eigenvalue weighted by Crippen LogP contribution is 2.06. The molecule has 0 unspecified atom stereocenters. The highest BCUT2D eigenvalue weighted by atomic mass is 16.2. The van der Waals surface area contributed by atoms with Crippen LogP contribution in [0.3, 0.4) is 0 Å². The number of hydrogen-bond acceptors (Lipinski definition) is 3. The third-order valence-corrected chi connectivity index (χ3v) is 2.63. The number of hydrazine groups is 1. The number of hydrogen-bond donors (Lipinski definition) is 2. The molecule has 1 aliphatic rings. The van der Waals surface area contributed by atoms with Crippen LogP contribution in [0.5, 0.6) is 0 Å². The highest BCUT2D eigenvalue weighted by molar-refractivity contribution is 5.91. The average Bonchev–Trinajstić information content (AvgIpc) is 2.30. The summed E-state index contributed by atoms with van der Waals surface area (Å²) in [5.41, 5.74) is 2.83. The maximum absolute atomic E-state index is 11.7. The van der Waals surface area contributed by atoms with Gasteiger partial charge in [-0.05, 0) is 18.9 Å². The molecular formula is C11H15N3O2. The molecule has 1 aliphatic heterocycles. The van der Waals surface area contributed by atoms with E-state index in [9.17, 15) is 9.59 Å². The van der Waals surface area contributed by atoms with Gasteiger partial charge in [0.15, 0.2) is 0 Å². The first-order valence-corrected chi connectivity index (χ1v) is 5.51. The molecule has 1 fully saturated rings. The van der Waals surface area contributed by atoms with Crippen molar-refractivity contribution in [1.82, 2.24) is 15.4 Å². The second-order valence-electron chi connectivity index (χ2n) is 3.92. The molecule has 0 atom stereocenters. The highest BCUT2D eigenvalue weighted by Gasteiger charge is 2.14. The molecule has 0 bridgehead atoms. The van der Waals surface area contributed by atoms with Gasteiger partial charge in [0.25, 0.3) is 5.91 Å². The number of piperidine rings is 1. The lowest BCUT2D eigenvalue weighted by Crippen LogP contribution is -2.45. The predicted octanol–water partition coefficient (Wildman–Crippen LogP) is 0.506. The average molecular weight is 221 g/mol. The minimum absolute atomic E-state index is 0.250. The molecule has 2 N–H and O–H groups in total. The molecular weight excluding hydrogens is 206 g/mol. The standard InChI is InChI=1S/C11H15N3O2/c15-10-6-4-5-9(12-10)11(16)13-14-7-2-1-3-8-14/h4-6H,1-3,7-8H2,(H,12,15)(H,13,16). The third kappa shape index (κ3) is 2.70. The van der Waals surface area contributed by atoms with Gasteiger partial charge in [-0.25, -0.2) is 5.01 Å². The lowest BCUT2D eigenvalue weighted by Gasteiger charge is -2.26. The van der Waals surface area contributed by atoms with Gasteiger partial charge >= 0.3 is 0 Å². The van der Waals surface area contributed by atoms with Crippen molar-refractivity contribution in [3.8, 4) is 0 Å². The molecule has 2 heterocycles. The molecule has 0 aliphatic carbocycles. The number of nitrogens with zero attached hydrogens (tertiary/aromatic N) is 1. The fraction of sp³-hybridized carbons (Fsp3) is 0.455. The first kappa shape index (κ1) is 10.9. The molecule has 0 radical (unpaired) electrons. The quantitative estimate of drug-likeness (QED) is 0.764. The van der Waals surface area contributed by atoms with Crippen LogP contribution < -0.4 is 11.0 Å². The van der Waals surface area contributed by atoms with Gasteiger partial charge in [-0.1, -0.05) is 12.5 Å². The number of carbonyl (C=O) groups excluding carboxylic acids is 1. The van der Waals surface area contributed by atoms with Crippen molar-refractivity contribution in [2.75, 3.05) is 13.1 Å². The molecule has 5 nitrogen and oxygen atoms in total. The van der Waals surface area contributed by atoms with E-state index in [1.165, 1.54) is 12.5 Å². The van der Waals surface area contributed by atoms with E-state index in [2.05, 4.69) is 10.4 Å². The zero-order valence-electron chi connectivity index (χ0n) is 9.03. The minimum atomic E-state index is -0.258. The lowest BCUT2D eigenvalue weighted by atomic mass is 10.2. The molecule has 0 aromatic carbocycles. The van der Waals surface area contributed by atoms with Gasteiger partial charge in [0.1, 0.15) is 5.69 Å². The molecule has 1 aromatic rings. The summed E-state index contributed by atoms with van der Waals surface area (Å²) < 4.78 is 0. The molecule has 0 spiro atoms. The van der Waals surface area contributed by atoms with E-state index in [1.54, 1.807) is 12.1 Å². The summed E-state index contributed by atoms with van der Waals surface area (Å²) in [6, 6.07) is 4.56. The Morgan fingerprint density at radius 2 is 2.00 bits per heavy atom. The van der Waals surface area contributed by atoms with Crippen LogP contribution in [-0.4, -0.2) is 29.0 Å².